The molecular formula is C17H15BrN2O3. The summed E-state index contributed by atoms with van der Waals surface area (Å²) >= 11 is 3.36. The Bertz CT molecular complexity index is 746. The van der Waals surface area contributed by atoms with Crippen LogP contribution in [0.3, 0.4) is 0 Å². The van der Waals surface area contributed by atoms with Gasteiger partial charge in [-0.1, -0.05) is 28.1 Å². The van der Waals surface area contributed by atoms with Crippen LogP contribution in [0.1, 0.15) is 6.42 Å². The molecule has 0 unspecified atom stereocenters. The van der Waals surface area contributed by atoms with Crippen molar-refractivity contribution in [3.63, 3.8) is 0 Å². The van der Waals surface area contributed by atoms with Gasteiger partial charge < -0.3 is 10.1 Å². The highest BCUT2D eigenvalue weighted by Crippen LogP contribution is 2.32. The molecule has 2 amide bonds. The number of ether oxygens (including phenoxy) is 1. The molecule has 2 aromatic rings. The van der Waals surface area contributed by atoms with Crippen molar-refractivity contribution in [3.8, 4) is 5.75 Å². The largest absolute Gasteiger partial charge is 0.495 e. The van der Waals surface area contributed by atoms with Gasteiger partial charge >= 0.3 is 0 Å². The van der Waals surface area contributed by atoms with Crippen LogP contribution >= 0.6 is 15.9 Å². The number of carbonyl (C=O) groups excluding carboxylic acids is 2. The van der Waals surface area contributed by atoms with E-state index >= 15 is 0 Å². The fraction of sp³-hybridized carbons (Fsp3) is 0.176. The van der Waals surface area contributed by atoms with E-state index in [9.17, 15) is 9.59 Å². The molecule has 0 aliphatic carbocycles. The first-order valence-electron chi connectivity index (χ1n) is 7.12. The van der Waals surface area contributed by atoms with Gasteiger partial charge in [-0.15, -0.1) is 0 Å². The molecule has 6 heteroatoms. The van der Waals surface area contributed by atoms with Crippen LogP contribution in [-0.2, 0) is 9.59 Å². The summed E-state index contributed by atoms with van der Waals surface area (Å²) in [4.78, 5) is 26.1. The number of para-hydroxylation sites is 2. The number of hydrogen-bond acceptors (Lipinski definition) is 4. The highest BCUT2D eigenvalue weighted by atomic mass is 79.9. The number of nitrogens with one attached hydrogen (secondary N) is 1. The van der Waals surface area contributed by atoms with Crippen molar-refractivity contribution in [1.82, 2.24) is 0 Å². The maximum atomic E-state index is 12.6. The van der Waals surface area contributed by atoms with E-state index in [4.69, 9.17) is 4.74 Å². The third-order valence-corrected chi connectivity index (χ3v) is 4.19. The second-order valence-electron chi connectivity index (χ2n) is 5.15. The van der Waals surface area contributed by atoms with E-state index in [0.29, 0.717) is 11.4 Å². The number of benzene rings is 2. The molecule has 0 spiro atoms. The summed E-state index contributed by atoms with van der Waals surface area (Å²) in [6.07, 6.45) is 0.118. The predicted octanol–water partition coefficient (Wildman–Crippen LogP) is 3.20. The third kappa shape index (κ3) is 3.07. The molecule has 1 fully saturated rings. The van der Waals surface area contributed by atoms with Crippen LogP contribution in [0, 0.1) is 0 Å². The van der Waals surface area contributed by atoms with Crippen molar-refractivity contribution in [2.24, 2.45) is 0 Å². The van der Waals surface area contributed by atoms with Crippen LogP contribution in [0.25, 0.3) is 0 Å². The molecular weight excluding hydrogens is 360 g/mol. The normalized spacial score (nSPS) is 17.5. The number of carbonyl (C=O) groups is 2. The Hall–Kier alpha value is -2.34. The minimum atomic E-state index is -0.575. The summed E-state index contributed by atoms with van der Waals surface area (Å²) in [6.45, 7) is 0. The number of hydrogen-bond donors (Lipinski definition) is 1. The second-order valence-corrected chi connectivity index (χ2v) is 6.06. The molecule has 1 aliphatic heterocycles. The molecule has 0 radical (unpaired) electrons. The lowest BCUT2D eigenvalue weighted by Gasteiger charge is -2.18. The van der Waals surface area contributed by atoms with Gasteiger partial charge in [0.25, 0.3) is 5.91 Å². The fourth-order valence-electron chi connectivity index (χ4n) is 2.56. The van der Waals surface area contributed by atoms with Gasteiger partial charge in [-0.2, -0.15) is 0 Å². The standard InChI is InChI=1S/C17H15BrN2O3/c1-23-15-5-3-2-4-14(15)20-16(21)10-13(17(20)22)19-12-8-6-11(18)7-9-12/h2-9,13,19H,10H2,1H3/t13-/m1/s1. The number of imide groups is 1. The first-order valence-corrected chi connectivity index (χ1v) is 7.91. The first-order chi connectivity index (χ1) is 11.1. The maximum Gasteiger partial charge on any atom is 0.256 e. The van der Waals surface area contributed by atoms with Crippen LogP contribution < -0.4 is 15.0 Å². The minimum absolute atomic E-state index is 0.118. The van der Waals surface area contributed by atoms with Gasteiger partial charge in [0.1, 0.15) is 11.8 Å². The number of anilines is 2. The van der Waals surface area contributed by atoms with E-state index in [0.717, 1.165) is 10.2 Å². The van der Waals surface area contributed by atoms with Gasteiger partial charge in [0.05, 0.1) is 19.2 Å². The average molecular weight is 375 g/mol. The molecule has 0 bridgehead atoms. The van der Waals surface area contributed by atoms with Crippen LogP contribution in [0.2, 0.25) is 0 Å². The van der Waals surface area contributed by atoms with E-state index in [1.807, 2.05) is 24.3 Å². The molecule has 118 valence electrons. The van der Waals surface area contributed by atoms with Crippen molar-refractivity contribution in [1.29, 1.82) is 0 Å². The Morgan fingerprint density at radius 3 is 2.52 bits per heavy atom. The van der Waals surface area contributed by atoms with Crippen molar-refractivity contribution in [2.75, 3.05) is 17.3 Å². The smallest absolute Gasteiger partial charge is 0.256 e. The molecule has 1 saturated heterocycles. The van der Waals surface area contributed by atoms with E-state index < -0.39 is 6.04 Å². The summed E-state index contributed by atoms with van der Waals surface area (Å²) < 4.78 is 6.20. The van der Waals surface area contributed by atoms with Gasteiger partial charge in [-0.3, -0.25) is 9.59 Å². The number of halogens is 1. The Labute approximate surface area is 142 Å². The zero-order valence-corrected chi connectivity index (χ0v) is 14.0. The lowest BCUT2D eigenvalue weighted by Crippen LogP contribution is -2.35. The summed E-state index contributed by atoms with van der Waals surface area (Å²) in [5, 5.41) is 3.11. The molecule has 3 rings (SSSR count). The average Bonchev–Trinajstić information content (AvgIpc) is 2.83. The topological polar surface area (TPSA) is 58.6 Å². The first kappa shape index (κ1) is 15.6. The molecule has 23 heavy (non-hydrogen) atoms. The SMILES string of the molecule is COc1ccccc1N1C(=O)C[C@@H](Nc2ccc(Br)cc2)C1=O. The van der Waals surface area contributed by atoms with Crippen LogP contribution in [0.4, 0.5) is 11.4 Å². The summed E-state index contributed by atoms with van der Waals surface area (Å²) in [6, 6.07) is 13.9. The number of amides is 2. The second kappa shape index (κ2) is 6.42. The molecule has 1 N–H and O–H groups in total. The van der Waals surface area contributed by atoms with E-state index in [2.05, 4.69) is 21.2 Å². The quantitative estimate of drug-likeness (QED) is 0.834. The number of nitrogens with zero attached hydrogens (tertiary/aromatic N) is 1. The lowest BCUT2D eigenvalue weighted by molar-refractivity contribution is -0.121. The molecule has 1 heterocycles. The summed E-state index contributed by atoms with van der Waals surface area (Å²) in [5.74, 6) is -0.0185. The molecule has 2 aromatic carbocycles. The van der Waals surface area contributed by atoms with Gasteiger partial charge in [0.15, 0.2) is 0 Å². The van der Waals surface area contributed by atoms with Crippen LogP contribution in [0.15, 0.2) is 53.0 Å². The van der Waals surface area contributed by atoms with Gasteiger partial charge in [-0.05, 0) is 36.4 Å². The minimum Gasteiger partial charge on any atom is -0.495 e. The highest BCUT2D eigenvalue weighted by Gasteiger charge is 2.40. The zero-order valence-electron chi connectivity index (χ0n) is 12.5. The predicted molar refractivity (Wildman–Crippen MR) is 91.7 cm³/mol. The summed E-state index contributed by atoms with van der Waals surface area (Å²) in [5.41, 5.74) is 1.27. The third-order valence-electron chi connectivity index (χ3n) is 3.66. The zero-order chi connectivity index (χ0) is 16.4. The molecule has 1 atom stereocenters. The van der Waals surface area contributed by atoms with Crippen LogP contribution in [0.5, 0.6) is 5.75 Å². The Morgan fingerprint density at radius 1 is 1.13 bits per heavy atom. The Morgan fingerprint density at radius 2 is 1.83 bits per heavy atom. The molecule has 5 nitrogen and oxygen atoms in total. The highest BCUT2D eigenvalue weighted by molar-refractivity contribution is 9.10. The molecule has 0 aromatic heterocycles. The monoisotopic (exact) mass is 374 g/mol. The Kier molecular flexibility index (Phi) is 4.34. The van der Waals surface area contributed by atoms with Crippen molar-refractivity contribution in [3.05, 3.63) is 53.0 Å². The number of methoxy groups -OCH3 is 1. The van der Waals surface area contributed by atoms with Crippen molar-refractivity contribution in [2.45, 2.75) is 12.5 Å². The van der Waals surface area contributed by atoms with Crippen molar-refractivity contribution < 1.29 is 14.3 Å². The van der Waals surface area contributed by atoms with Crippen molar-refractivity contribution >= 4 is 39.1 Å². The van der Waals surface area contributed by atoms with E-state index in [-0.39, 0.29) is 18.2 Å². The van der Waals surface area contributed by atoms with Gasteiger partial charge in [-0.25, -0.2) is 4.90 Å². The summed E-state index contributed by atoms with van der Waals surface area (Å²) in [7, 11) is 1.52. The fourth-order valence-corrected chi connectivity index (χ4v) is 2.82. The van der Waals surface area contributed by atoms with Gasteiger partial charge in [0, 0.05) is 10.2 Å². The maximum absolute atomic E-state index is 12.6. The van der Waals surface area contributed by atoms with E-state index in [1.54, 1.807) is 24.3 Å². The lowest BCUT2D eigenvalue weighted by atomic mass is 10.2. The van der Waals surface area contributed by atoms with E-state index in [1.165, 1.54) is 12.0 Å². The van der Waals surface area contributed by atoms with Gasteiger partial charge in [0.2, 0.25) is 5.91 Å². The molecule has 1 aliphatic rings. The molecule has 0 saturated carbocycles. The van der Waals surface area contributed by atoms with Crippen LogP contribution in [-0.4, -0.2) is 25.0 Å². The number of rotatable bonds is 4. The Balaban J connectivity index is 1.84.